The number of nitrogens with two attached hydrogens (primary N) is 1. The van der Waals surface area contributed by atoms with Crippen LogP contribution in [-0.4, -0.2) is 25.2 Å². The van der Waals surface area contributed by atoms with Crippen molar-refractivity contribution in [2.45, 2.75) is 26.8 Å². The van der Waals surface area contributed by atoms with Crippen LogP contribution in [0.4, 0.5) is 5.82 Å². The number of anilines is 1. The number of hydrogen-bond acceptors (Lipinski definition) is 4. The van der Waals surface area contributed by atoms with Gasteiger partial charge in [-0.25, -0.2) is 4.98 Å². The Labute approximate surface area is 97.2 Å². The van der Waals surface area contributed by atoms with Gasteiger partial charge in [0, 0.05) is 38.1 Å². The lowest BCUT2D eigenvalue weighted by Gasteiger charge is -2.13. The molecular weight excluding hydrogens is 202 g/mol. The van der Waals surface area contributed by atoms with Gasteiger partial charge in [0.1, 0.15) is 5.82 Å². The highest BCUT2D eigenvalue weighted by Crippen LogP contribution is 2.17. The second kappa shape index (κ2) is 6.45. The van der Waals surface area contributed by atoms with E-state index in [-0.39, 0.29) is 0 Å². The van der Waals surface area contributed by atoms with Gasteiger partial charge in [-0.1, -0.05) is 0 Å². The Kier molecular flexibility index (Phi) is 5.22. The largest absolute Gasteiger partial charge is 0.385 e. The van der Waals surface area contributed by atoms with Crippen LogP contribution in [0.25, 0.3) is 0 Å². The zero-order valence-corrected chi connectivity index (χ0v) is 10.3. The molecule has 0 saturated heterocycles. The van der Waals surface area contributed by atoms with E-state index in [4.69, 9.17) is 10.5 Å². The van der Waals surface area contributed by atoms with E-state index >= 15 is 0 Å². The molecule has 0 aliphatic rings. The lowest BCUT2D eigenvalue weighted by molar-refractivity contribution is 0.197. The number of rotatable bonds is 6. The summed E-state index contributed by atoms with van der Waals surface area (Å²) in [5, 5.41) is 3.31. The number of nitrogens with zero attached hydrogens (tertiary/aromatic N) is 1. The van der Waals surface area contributed by atoms with Crippen molar-refractivity contribution < 1.29 is 4.74 Å². The fourth-order valence-corrected chi connectivity index (χ4v) is 1.69. The minimum Gasteiger partial charge on any atom is -0.385 e. The summed E-state index contributed by atoms with van der Waals surface area (Å²) in [6, 6.07) is 2.06. The SMILES string of the molecule is COCCCNc1nc(C)cc(C)c1CN. The van der Waals surface area contributed by atoms with Crippen molar-refractivity contribution in [2.75, 3.05) is 25.6 Å². The molecule has 0 amide bonds. The van der Waals surface area contributed by atoms with Crippen LogP contribution in [0, 0.1) is 13.8 Å². The topological polar surface area (TPSA) is 60.2 Å². The number of nitrogens with one attached hydrogen (secondary N) is 1. The van der Waals surface area contributed by atoms with Crippen molar-refractivity contribution in [2.24, 2.45) is 5.73 Å². The fourth-order valence-electron chi connectivity index (χ4n) is 1.69. The van der Waals surface area contributed by atoms with E-state index in [1.54, 1.807) is 7.11 Å². The molecule has 1 heterocycles. The molecule has 4 heteroatoms. The van der Waals surface area contributed by atoms with Gasteiger partial charge in [0.05, 0.1) is 0 Å². The summed E-state index contributed by atoms with van der Waals surface area (Å²) in [5.74, 6) is 0.913. The highest BCUT2D eigenvalue weighted by molar-refractivity contribution is 5.49. The molecule has 0 atom stereocenters. The molecule has 16 heavy (non-hydrogen) atoms. The number of aryl methyl sites for hydroxylation is 2. The molecule has 0 aromatic carbocycles. The smallest absolute Gasteiger partial charge is 0.131 e. The zero-order chi connectivity index (χ0) is 12.0. The molecule has 0 aliphatic carbocycles. The van der Waals surface area contributed by atoms with Gasteiger partial charge in [-0.3, -0.25) is 0 Å². The van der Waals surface area contributed by atoms with Crippen LogP contribution in [0.1, 0.15) is 23.2 Å². The molecule has 1 aromatic rings. The number of methoxy groups -OCH3 is 1. The lowest BCUT2D eigenvalue weighted by Crippen LogP contribution is -2.12. The van der Waals surface area contributed by atoms with Gasteiger partial charge in [0.15, 0.2) is 0 Å². The number of ether oxygens (including phenoxy) is 1. The predicted octanol–water partition coefficient (Wildman–Crippen LogP) is 1.61. The van der Waals surface area contributed by atoms with E-state index in [1.807, 2.05) is 6.92 Å². The van der Waals surface area contributed by atoms with Crippen LogP contribution in [0.15, 0.2) is 6.07 Å². The van der Waals surface area contributed by atoms with E-state index in [2.05, 4.69) is 23.3 Å². The summed E-state index contributed by atoms with van der Waals surface area (Å²) in [4.78, 5) is 4.47. The van der Waals surface area contributed by atoms with E-state index in [9.17, 15) is 0 Å². The van der Waals surface area contributed by atoms with Crippen molar-refractivity contribution in [1.29, 1.82) is 0 Å². The molecule has 0 saturated carbocycles. The molecule has 0 unspecified atom stereocenters. The van der Waals surface area contributed by atoms with Gasteiger partial charge in [-0.05, 0) is 31.9 Å². The van der Waals surface area contributed by atoms with Gasteiger partial charge in [-0.15, -0.1) is 0 Å². The van der Waals surface area contributed by atoms with E-state index in [0.29, 0.717) is 6.54 Å². The Morgan fingerprint density at radius 3 is 2.81 bits per heavy atom. The lowest BCUT2D eigenvalue weighted by atomic mass is 10.1. The summed E-state index contributed by atoms with van der Waals surface area (Å²) in [7, 11) is 1.71. The van der Waals surface area contributed by atoms with E-state index in [0.717, 1.165) is 36.6 Å². The molecule has 0 fully saturated rings. The normalized spacial score (nSPS) is 10.5. The van der Waals surface area contributed by atoms with Crippen molar-refractivity contribution in [3.63, 3.8) is 0 Å². The highest BCUT2D eigenvalue weighted by atomic mass is 16.5. The fraction of sp³-hybridized carbons (Fsp3) is 0.583. The highest BCUT2D eigenvalue weighted by Gasteiger charge is 2.06. The van der Waals surface area contributed by atoms with Crippen LogP contribution in [0.2, 0.25) is 0 Å². The predicted molar refractivity (Wildman–Crippen MR) is 66.6 cm³/mol. The summed E-state index contributed by atoms with van der Waals surface area (Å²) >= 11 is 0. The maximum Gasteiger partial charge on any atom is 0.131 e. The number of hydrogen-bond donors (Lipinski definition) is 2. The van der Waals surface area contributed by atoms with Crippen molar-refractivity contribution in [1.82, 2.24) is 4.98 Å². The zero-order valence-electron chi connectivity index (χ0n) is 10.3. The first-order valence-corrected chi connectivity index (χ1v) is 5.59. The van der Waals surface area contributed by atoms with Crippen LogP contribution >= 0.6 is 0 Å². The summed E-state index contributed by atoms with van der Waals surface area (Å²) in [6.07, 6.45) is 0.967. The third kappa shape index (κ3) is 3.47. The number of aromatic nitrogens is 1. The third-order valence-electron chi connectivity index (χ3n) is 2.50. The molecule has 4 nitrogen and oxygen atoms in total. The average Bonchev–Trinajstić information content (AvgIpc) is 2.24. The van der Waals surface area contributed by atoms with Crippen LogP contribution in [0.5, 0.6) is 0 Å². The van der Waals surface area contributed by atoms with E-state index < -0.39 is 0 Å². The van der Waals surface area contributed by atoms with Crippen molar-refractivity contribution in [3.8, 4) is 0 Å². The molecule has 1 aromatic heterocycles. The van der Waals surface area contributed by atoms with Crippen molar-refractivity contribution in [3.05, 3.63) is 22.9 Å². The van der Waals surface area contributed by atoms with Gasteiger partial charge >= 0.3 is 0 Å². The van der Waals surface area contributed by atoms with Crippen LogP contribution in [-0.2, 0) is 11.3 Å². The minimum atomic E-state index is 0.520. The first kappa shape index (κ1) is 12.9. The Bertz CT molecular complexity index is 339. The summed E-state index contributed by atoms with van der Waals surface area (Å²) in [6.45, 7) is 6.20. The first-order chi connectivity index (χ1) is 7.69. The quantitative estimate of drug-likeness (QED) is 0.719. The Morgan fingerprint density at radius 1 is 1.44 bits per heavy atom. The monoisotopic (exact) mass is 223 g/mol. The maximum absolute atomic E-state index is 5.73. The molecular formula is C12H21N3O. The van der Waals surface area contributed by atoms with Crippen LogP contribution in [0.3, 0.4) is 0 Å². The Balaban J connectivity index is 2.69. The van der Waals surface area contributed by atoms with Gasteiger partial charge in [0.25, 0.3) is 0 Å². The molecule has 0 bridgehead atoms. The second-order valence-electron chi connectivity index (χ2n) is 3.88. The molecule has 0 radical (unpaired) electrons. The Morgan fingerprint density at radius 2 is 2.19 bits per heavy atom. The van der Waals surface area contributed by atoms with Gasteiger partial charge in [0.2, 0.25) is 0 Å². The maximum atomic E-state index is 5.73. The molecule has 0 spiro atoms. The molecule has 90 valence electrons. The third-order valence-corrected chi connectivity index (χ3v) is 2.50. The van der Waals surface area contributed by atoms with Gasteiger partial charge in [-0.2, -0.15) is 0 Å². The average molecular weight is 223 g/mol. The summed E-state index contributed by atoms with van der Waals surface area (Å²) < 4.78 is 5.00. The molecule has 3 N–H and O–H groups in total. The van der Waals surface area contributed by atoms with Crippen LogP contribution < -0.4 is 11.1 Å². The molecule has 0 aliphatic heterocycles. The summed E-state index contributed by atoms with van der Waals surface area (Å²) in [5.41, 5.74) is 9.04. The van der Waals surface area contributed by atoms with E-state index in [1.165, 1.54) is 5.56 Å². The standard InChI is InChI=1S/C12H21N3O/c1-9-7-10(2)15-12(11(9)8-13)14-5-4-6-16-3/h7H,4-6,8,13H2,1-3H3,(H,14,15). The second-order valence-corrected chi connectivity index (χ2v) is 3.88. The minimum absolute atomic E-state index is 0.520. The van der Waals surface area contributed by atoms with Gasteiger partial charge < -0.3 is 15.8 Å². The number of pyridine rings is 1. The first-order valence-electron chi connectivity index (χ1n) is 5.59. The van der Waals surface area contributed by atoms with Crippen molar-refractivity contribution >= 4 is 5.82 Å². The Hall–Kier alpha value is -1.13. The molecule has 1 rings (SSSR count).